The van der Waals surface area contributed by atoms with E-state index in [0.717, 1.165) is 40.8 Å². The first kappa shape index (κ1) is 37.3. The first-order valence-electron chi connectivity index (χ1n) is 16.0. The zero-order valence-electron chi connectivity index (χ0n) is 28.6. The number of halogens is 1. The summed E-state index contributed by atoms with van der Waals surface area (Å²) in [5, 5.41) is 0. The number of ether oxygens (including phenoxy) is 4. The highest BCUT2D eigenvalue weighted by Crippen LogP contribution is 2.71. The molecular weight excluding hydrogens is 706 g/mol. The first-order chi connectivity index (χ1) is 23.8. The van der Waals surface area contributed by atoms with Gasteiger partial charge in [0.15, 0.2) is 0 Å². The summed E-state index contributed by atoms with van der Waals surface area (Å²) in [6, 6.07) is 10.7. The van der Waals surface area contributed by atoms with Gasteiger partial charge >= 0.3 is 23.9 Å². The minimum absolute atomic E-state index is 0.00459. The normalized spacial score (nSPS) is 17.3. The van der Waals surface area contributed by atoms with Gasteiger partial charge in [0.05, 0.1) is 43.2 Å². The summed E-state index contributed by atoms with van der Waals surface area (Å²) in [6.07, 6.45) is 0. The molecule has 2 aromatic rings. The number of thioether (sulfide) groups is 3. The number of nitrogens with zero attached hydrogens (tertiary/aromatic N) is 1. The average Bonchev–Trinajstić information content (AvgIpc) is 3.46. The van der Waals surface area contributed by atoms with Crippen LogP contribution in [0.25, 0.3) is 5.57 Å². The minimum Gasteiger partial charge on any atom is -0.463 e. The second kappa shape index (κ2) is 14.7. The number of carbonyl (C=O) groups excluding carboxylic acids is 5. The van der Waals surface area contributed by atoms with Crippen LogP contribution in [0.1, 0.15) is 63.0 Å². The molecule has 0 saturated heterocycles. The van der Waals surface area contributed by atoms with Crippen LogP contribution >= 0.6 is 35.3 Å². The van der Waals surface area contributed by atoms with Gasteiger partial charge in [0.25, 0.3) is 5.91 Å². The molecule has 3 aliphatic rings. The minimum atomic E-state index is -1.69. The molecule has 5 rings (SSSR count). The lowest BCUT2D eigenvalue weighted by molar-refractivity contribution is -0.141. The fraction of sp³-hybridized carbons (Fsp3) is 0.361. The van der Waals surface area contributed by atoms with E-state index in [4.69, 9.17) is 18.9 Å². The molecule has 0 atom stereocenters. The average molecular weight is 742 g/mol. The van der Waals surface area contributed by atoms with Crippen molar-refractivity contribution in [1.82, 2.24) is 0 Å². The van der Waals surface area contributed by atoms with E-state index in [1.165, 1.54) is 24.3 Å². The lowest BCUT2D eigenvalue weighted by Crippen LogP contribution is -2.53. The van der Waals surface area contributed by atoms with Crippen LogP contribution in [-0.4, -0.2) is 65.8 Å². The molecule has 0 fully saturated rings. The molecule has 0 aromatic heterocycles. The standard InChI is InChI=1S/C36H36FNO9S3/c1-8-44-31(40)25-26(32(41)45-9-2)48-29-24(36(25)49-27(33(42)46-10-3)28(50-36)34(43)47-11-4)22-18-19(5)12-17-23(22)38(35(29,6)7)30(39)20-13-15-21(37)16-14-20/h12-18H,8-11H2,1-7H3. The lowest BCUT2D eigenvalue weighted by Gasteiger charge is -2.50. The van der Waals surface area contributed by atoms with Gasteiger partial charge in [0, 0.05) is 21.6 Å². The third-order valence-corrected chi connectivity index (χ3v) is 12.6. The van der Waals surface area contributed by atoms with E-state index in [-0.39, 0.29) is 52.3 Å². The predicted octanol–water partition coefficient (Wildman–Crippen LogP) is 6.93. The van der Waals surface area contributed by atoms with Gasteiger partial charge in [-0.2, -0.15) is 0 Å². The Morgan fingerprint density at radius 1 is 0.720 bits per heavy atom. The van der Waals surface area contributed by atoms with E-state index in [0.29, 0.717) is 21.7 Å². The summed E-state index contributed by atoms with van der Waals surface area (Å²) in [6.45, 7) is 11.9. The molecule has 0 saturated carbocycles. The van der Waals surface area contributed by atoms with Gasteiger partial charge in [0.2, 0.25) is 0 Å². The van der Waals surface area contributed by atoms with Crippen molar-refractivity contribution in [1.29, 1.82) is 0 Å². The van der Waals surface area contributed by atoms with Crippen molar-refractivity contribution in [3.05, 3.63) is 90.2 Å². The monoisotopic (exact) mass is 741 g/mol. The number of rotatable bonds is 9. The number of anilines is 1. The van der Waals surface area contributed by atoms with Gasteiger partial charge in [-0.1, -0.05) is 46.9 Å². The smallest absolute Gasteiger partial charge is 0.346 e. The van der Waals surface area contributed by atoms with Gasteiger partial charge in [-0.05, 0) is 84.9 Å². The highest BCUT2D eigenvalue weighted by Gasteiger charge is 2.62. The Balaban J connectivity index is 1.88. The van der Waals surface area contributed by atoms with Crippen molar-refractivity contribution >= 4 is 76.3 Å². The molecule has 0 bridgehead atoms. The summed E-state index contributed by atoms with van der Waals surface area (Å²) in [5.74, 6) is -4.23. The Morgan fingerprint density at radius 3 is 1.74 bits per heavy atom. The summed E-state index contributed by atoms with van der Waals surface area (Å²) in [5.41, 5.74) is 1.14. The van der Waals surface area contributed by atoms with Gasteiger partial charge < -0.3 is 18.9 Å². The fourth-order valence-electron chi connectivity index (χ4n) is 5.93. The molecule has 1 spiro atoms. The Hall–Kier alpha value is -4.01. The van der Waals surface area contributed by atoms with Crippen LogP contribution in [-0.2, 0) is 38.1 Å². The number of hydrogen-bond donors (Lipinski definition) is 0. The molecule has 3 aliphatic heterocycles. The van der Waals surface area contributed by atoms with E-state index in [1.54, 1.807) is 52.5 Å². The molecule has 0 unspecified atom stereocenters. The lowest BCUT2D eigenvalue weighted by atomic mass is 9.82. The van der Waals surface area contributed by atoms with Crippen molar-refractivity contribution < 1.29 is 47.3 Å². The van der Waals surface area contributed by atoms with E-state index in [2.05, 4.69) is 0 Å². The molecule has 0 N–H and O–H groups in total. The van der Waals surface area contributed by atoms with Crippen molar-refractivity contribution in [2.24, 2.45) is 0 Å². The van der Waals surface area contributed by atoms with Crippen LogP contribution in [0.15, 0.2) is 67.7 Å². The third-order valence-electron chi connectivity index (χ3n) is 7.95. The maximum absolute atomic E-state index is 14.4. The van der Waals surface area contributed by atoms with Crippen molar-refractivity contribution in [3.63, 3.8) is 0 Å². The zero-order valence-corrected chi connectivity index (χ0v) is 31.0. The van der Waals surface area contributed by atoms with Gasteiger partial charge in [-0.25, -0.2) is 23.6 Å². The Morgan fingerprint density at radius 2 is 1.22 bits per heavy atom. The molecule has 10 nitrogen and oxygen atoms in total. The van der Waals surface area contributed by atoms with Crippen LogP contribution in [0.4, 0.5) is 10.1 Å². The number of esters is 4. The fourth-order valence-corrected chi connectivity index (χ4v) is 10.9. The highest BCUT2D eigenvalue weighted by atomic mass is 32.2. The summed E-state index contributed by atoms with van der Waals surface area (Å²) >= 11 is 2.76. The molecule has 1 amide bonds. The molecule has 2 aromatic carbocycles. The molecule has 0 aliphatic carbocycles. The van der Waals surface area contributed by atoms with Crippen molar-refractivity contribution in [3.8, 4) is 0 Å². The number of amides is 1. The Kier molecular flexibility index (Phi) is 10.9. The molecule has 3 heterocycles. The molecule has 0 radical (unpaired) electrons. The zero-order chi connectivity index (χ0) is 36.5. The summed E-state index contributed by atoms with van der Waals surface area (Å²) in [4.78, 5) is 71.4. The topological polar surface area (TPSA) is 126 Å². The van der Waals surface area contributed by atoms with Crippen LogP contribution < -0.4 is 4.90 Å². The quantitative estimate of drug-likeness (QED) is 0.196. The number of aryl methyl sites for hydroxylation is 1. The maximum Gasteiger partial charge on any atom is 0.346 e. The number of carbonyl (C=O) groups is 5. The second-order valence-corrected chi connectivity index (χ2v) is 15.3. The molecular formula is C36H36FNO9S3. The van der Waals surface area contributed by atoms with Crippen molar-refractivity contribution in [2.45, 2.75) is 58.1 Å². The predicted molar refractivity (Wildman–Crippen MR) is 191 cm³/mol. The number of fused-ring (bicyclic) bond motifs is 3. The van der Waals surface area contributed by atoms with Gasteiger partial charge in [-0.3, -0.25) is 9.69 Å². The van der Waals surface area contributed by atoms with Gasteiger partial charge in [-0.15, -0.1) is 0 Å². The maximum atomic E-state index is 14.4. The second-order valence-electron chi connectivity index (χ2n) is 11.6. The van der Waals surface area contributed by atoms with Crippen LogP contribution in [0.2, 0.25) is 0 Å². The van der Waals surface area contributed by atoms with Crippen molar-refractivity contribution in [2.75, 3.05) is 31.3 Å². The Bertz CT molecular complexity index is 1850. The first-order valence-corrected chi connectivity index (χ1v) is 18.4. The van der Waals surface area contributed by atoms with E-state index >= 15 is 0 Å². The number of hydrogen-bond acceptors (Lipinski definition) is 12. The van der Waals surface area contributed by atoms with E-state index in [9.17, 15) is 28.4 Å². The molecule has 50 heavy (non-hydrogen) atoms. The third kappa shape index (κ3) is 6.37. The summed E-state index contributed by atoms with van der Waals surface area (Å²) < 4.78 is 34.1. The SMILES string of the molecule is CCOC(=O)C1=C(C(=O)OCC)SC2(S1)C(C(=O)OCC)=C(C(=O)OCC)SC1=C2c2cc(C)ccc2N(C(=O)c2ccc(F)cc2)C1(C)C. The highest BCUT2D eigenvalue weighted by molar-refractivity contribution is 8.26. The number of benzene rings is 2. The van der Waals surface area contributed by atoms with E-state index in [1.807, 2.05) is 19.1 Å². The van der Waals surface area contributed by atoms with Crippen LogP contribution in [0.5, 0.6) is 0 Å². The van der Waals surface area contributed by atoms with Gasteiger partial charge in [0.1, 0.15) is 24.6 Å². The van der Waals surface area contributed by atoms with Crippen LogP contribution in [0.3, 0.4) is 0 Å². The van der Waals surface area contributed by atoms with E-state index < -0.39 is 45.2 Å². The van der Waals surface area contributed by atoms with Crippen LogP contribution in [0, 0.1) is 12.7 Å². The Labute approximate surface area is 302 Å². The largest absolute Gasteiger partial charge is 0.463 e. The molecule has 264 valence electrons. The molecule has 14 heteroatoms. The summed E-state index contributed by atoms with van der Waals surface area (Å²) in [7, 11) is 0.